The zero-order chi connectivity index (χ0) is 22.2. The molecule has 6 nitrogen and oxygen atoms in total. The Kier molecular flexibility index (Phi) is 5.22. The lowest BCUT2D eigenvalue weighted by Gasteiger charge is -2.21. The van der Waals surface area contributed by atoms with Gasteiger partial charge in [-0.05, 0) is 73.4 Å². The third-order valence-electron chi connectivity index (χ3n) is 6.81. The van der Waals surface area contributed by atoms with Crippen LogP contribution < -0.4 is 10.1 Å². The van der Waals surface area contributed by atoms with Gasteiger partial charge in [-0.15, -0.1) is 0 Å². The largest absolute Gasteiger partial charge is 0.490 e. The molecule has 0 spiro atoms. The van der Waals surface area contributed by atoms with Gasteiger partial charge in [0.2, 0.25) is 5.91 Å². The van der Waals surface area contributed by atoms with Crippen LogP contribution in [0.3, 0.4) is 0 Å². The number of hydrogen-bond acceptors (Lipinski definition) is 5. The van der Waals surface area contributed by atoms with Crippen LogP contribution in [0.15, 0.2) is 48.8 Å². The van der Waals surface area contributed by atoms with Crippen molar-refractivity contribution in [2.75, 3.05) is 5.32 Å². The van der Waals surface area contributed by atoms with E-state index >= 15 is 0 Å². The molecule has 2 aromatic heterocycles. The van der Waals surface area contributed by atoms with Crippen molar-refractivity contribution in [3.63, 3.8) is 0 Å². The zero-order valence-electron chi connectivity index (χ0n) is 17.7. The highest BCUT2D eigenvalue weighted by Gasteiger charge is 2.60. The molecule has 0 radical (unpaired) electrons. The average Bonchev–Trinajstić information content (AvgIpc) is 3.27. The quantitative estimate of drug-likeness (QED) is 0.612. The summed E-state index contributed by atoms with van der Waals surface area (Å²) in [7, 11) is 0. The second-order valence-electron chi connectivity index (χ2n) is 8.63. The molecule has 5 rings (SSSR count). The third-order valence-corrected chi connectivity index (χ3v) is 6.81. The predicted octanol–water partition coefficient (Wildman–Crippen LogP) is 4.71. The summed E-state index contributed by atoms with van der Waals surface area (Å²) in [5.41, 5.74) is 1.17. The zero-order valence-corrected chi connectivity index (χ0v) is 17.7. The van der Waals surface area contributed by atoms with Gasteiger partial charge >= 0.3 is 0 Å². The molecular weight excluding hydrogens is 407 g/mol. The van der Waals surface area contributed by atoms with Gasteiger partial charge < -0.3 is 10.1 Å². The summed E-state index contributed by atoms with van der Waals surface area (Å²) >= 11 is 0. The number of anilines is 1. The lowest BCUT2D eigenvalue weighted by molar-refractivity contribution is -0.121. The van der Waals surface area contributed by atoms with E-state index in [-0.39, 0.29) is 23.7 Å². The standard InChI is InChI=1S/C25H23FN4O2/c1-2-17(25(31)30-23-6-3-14(12-27)13-29-23)24-18-10-16(11-19(18)24)32-22-7-8-28-21-5-4-15(26)9-20(21)22/h3-9,13,16-19,24H,2,10-11H2,1H3,(H,29,30,31)/t16-,17?,18-,19+,24-. The van der Waals surface area contributed by atoms with E-state index in [1.165, 1.54) is 18.3 Å². The number of pyridine rings is 2. The van der Waals surface area contributed by atoms with E-state index in [0.29, 0.717) is 45.8 Å². The number of nitrogens with one attached hydrogen (secondary N) is 1. The molecule has 1 amide bonds. The molecule has 2 fully saturated rings. The number of hydrogen-bond donors (Lipinski definition) is 1. The number of fused-ring (bicyclic) bond motifs is 2. The first-order chi connectivity index (χ1) is 15.6. The van der Waals surface area contributed by atoms with E-state index in [4.69, 9.17) is 10.00 Å². The summed E-state index contributed by atoms with van der Waals surface area (Å²) < 4.78 is 19.9. The maximum atomic E-state index is 13.7. The fourth-order valence-electron chi connectivity index (χ4n) is 5.30. The summed E-state index contributed by atoms with van der Waals surface area (Å²) in [6, 6.07) is 11.6. The van der Waals surface area contributed by atoms with Crippen LogP contribution in [0.4, 0.5) is 10.2 Å². The van der Waals surface area contributed by atoms with Crippen LogP contribution in [0, 0.1) is 40.8 Å². The fraction of sp³-hybridized carbons (Fsp3) is 0.360. The maximum Gasteiger partial charge on any atom is 0.228 e. The molecule has 1 aromatic carbocycles. The monoisotopic (exact) mass is 430 g/mol. The van der Waals surface area contributed by atoms with Gasteiger partial charge in [0.1, 0.15) is 23.5 Å². The number of nitriles is 1. The Morgan fingerprint density at radius 3 is 2.75 bits per heavy atom. The van der Waals surface area contributed by atoms with Crippen molar-refractivity contribution in [1.29, 1.82) is 5.26 Å². The number of benzene rings is 1. The van der Waals surface area contributed by atoms with E-state index < -0.39 is 0 Å². The Bertz CT molecular complexity index is 1190. The molecule has 1 N–H and O–H groups in total. The summed E-state index contributed by atoms with van der Waals surface area (Å²) in [6.45, 7) is 2.04. The molecule has 2 aliphatic carbocycles. The first-order valence-corrected chi connectivity index (χ1v) is 10.9. The highest BCUT2D eigenvalue weighted by Crippen LogP contribution is 2.62. The van der Waals surface area contributed by atoms with E-state index in [9.17, 15) is 9.18 Å². The fourth-order valence-corrected chi connectivity index (χ4v) is 5.30. The van der Waals surface area contributed by atoms with Gasteiger partial charge in [0.15, 0.2) is 0 Å². The van der Waals surface area contributed by atoms with Crippen molar-refractivity contribution in [2.45, 2.75) is 32.3 Å². The van der Waals surface area contributed by atoms with Crippen LogP contribution in [0.5, 0.6) is 5.75 Å². The SMILES string of the molecule is CCC(C(=O)Nc1ccc(C#N)cn1)[C@@H]1[C@@H]2C[C@@H](Oc3ccnc4ccc(F)cc34)C[C@@H]21. The van der Waals surface area contributed by atoms with Crippen LogP contribution in [0.2, 0.25) is 0 Å². The second-order valence-corrected chi connectivity index (χ2v) is 8.63. The number of ether oxygens (including phenoxy) is 1. The van der Waals surface area contributed by atoms with Gasteiger partial charge in [-0.25, -0.2) is 9.37 Å². The van der Waals surface area contributed by atoms with E-state index in [1.807, 2.05) is 13.0 Å². The summed E-state index contributed by atoms with van der Waals surface area (Å²) in [5, 5.41) is 12.5. The number of halogens is 1. The van der Waals surface area contributed by atoms with Crippen molar-refractivity contribution in [2.24, 2.45) is 23.7 Å². The predicted molar refractivity (Wildman–Crippen MR) is 117 cm³/mol. The molecular formula is C25H23FN4O2. The summed E-state index contributed by atoms with van der Waals surface area (Å²) in [5.74, 6) is 2.02. The molecule has 2 heterocycles. The molecule has 2 aliphatic rings. The van der Waals surface area contributed by atoms with Crippen LogP contribution in [-0.4, -0.2) is 22.0 Å². The number of rotatable bonds is 6. The number of amides is 1. The number of aromatic nitrogens is 2. The van der Waals surface area contributed by atoms with Crippen molar-refractivity contribution >= 4 is 22.6 Å². The first-order valence-electron chi connectivity index (χ1n) is 10.9. The first kappa shape index (κ1) is 20.4. The van der Waals surface area contributed by atoms with Crippen molar-refractivity contribution in [1.82, 2.24) is 9.97 Å². The molecule has 3 aromatic rings. The minimum atomic E-state index is -0.307. The van der Waals surface area contributed by atoms with Gasteiger partial charge in [-0.2, -0.15) is 5.26 Å². The Morgan fingerprint density at radius 2 is 2.06 bits per heavy atom. The Hall–Kier alpha value is -3.53. The van der Waals surface area contributed by atoms with E-state index in [0.717, 1.165) is 19.3 Å². The number of carbonyl (C=O) groups excluding carboxylic acids is 1. The van der Waals surface area contributed by atoms with Crippen LogP contribution >= 0.6 is 0 Å². The molecule has 5 atom stereocenters. The van der Waals surface area contributed by atoms with Crippen LogP contribution in [0.25, 0.3) is 10.9 Å². The summed E-state index contributed by atoms with van der Waals surface area (Å²) in [4.78, 5) is 21.3. The van der Waals surface area contributed by atoms with Crippen molar-refractivity contribution < 1.29 is 13.9 Å². The molecule has 32 heavy (non-hydrogen) atoms. The smallest absolute Gasteiger partial charge is 0.228 e. The van der Waals surface area contributed by atoms with Crippen molar-refractivity contribution in [3.8, 4) is 11.8 Å². The van der Waals surface area contributed by atoms with E-state index in [2.05, 4.69) is 15.3 Å². The molecule has 1 unspecified atom stereocenters. The molecule has 0 saturated heterocycles. The van der Waals surface area contributed by atoms with Crippen molar-refractivity contribution in [3.05, 3.63) is 60.2 Å². The highest BCUT2D eigenvalue weighted by atomic mass is 19.1. The minimum absolute atomic E-state index is 0.0165. The highest BCUT2D eigenvalue weighted by molar-refractivity contribution is 5.92. The number of carbonyl (C=O) groups is 1. The lowest BCUT2D eigenvalue weighted by Crippen LogP contribution is -2.27. The Labute approximate surface area is 185 Å². The molecule has 0 bridgehead atoms. The average molecular weight is 430 g/mol. The van der Waals surface area contributed by atoms with E-state index in [1.54, 1.807) is 30.5 Å². The lowest BCUT2D eigenvalue weighted by atomic mass is 9.93. The molecule has 2 saturated carbocycles. The van der Waals surface area contributed by atoms with Gasteiger partial charge in [0, 0.05) is 23.7 Å². The van der Waals surface area contributed by atoms with Crippen LogP contribution in [0.1, 0.15) is 31.7 Å². The summed E-state index contributed by atoms with van der Waals surface area (Å²) in [6.07, 6.45) is 5.76. The second kappa shape index (κ2) is 8.19. The Morgan fingerprint density at radius 1 is 1.25 bits per heavy atom. The maximum absolute atomic E-state index is 13.7. The normalized spacial score (nSPS) is 24.4. The molecule has 0 aliphatic heterocycles. The number of nitrogens with zero attached hydrogens (tertiary/aromatic N) is 3. The molecule has 162 valence electrons. The Balaban J connectivity index is 1.21. The molecule has 7 heteroatoms. The minimum Gasteiger partial charge on any atom is -0.490 e. The van der Waals surface area contributed by atoms with Gasteiger partial charge in [0.05, 0.1) is 17.2 Å². The van der Waals surface area contributed by atoms with Gasteiger partial charge in [0.25, 0.3) is 0 Å². The van der Waals surface area contributed by atoms with Crippen LogP contribution in [-0.2, 0) is 4.79 Å². The topological polar surface area (TPSA) is 87.9 Å². The van der Waals surface area contributed by atoms with Gasteiger partial charge in [-0.3, -0.25) is 9.78 Å². The third kappa shape index (κ3) is 3.77. The van der Waals surface area contributed by atoms with Gasteiger partial charge in [-0.1, -0.05) is 6.92 Å².